The first kappa shape index (κ1) is 12.5. The van der Waals surface area contributed by atoms with Crippen LogP contribution in [0, 0.1) is 13.0 Å². The van der Waals surface area contributed by atoms with Crippen LogP contribution in [0.5, 0.6) is 11.5 Å². The molecule has 0 amide bonds. The molecule has 0 N–H and O–H groups in total. The minimum Gasteiger partial charge on any atom is -0.457 e. The maximum Gasteiger partial charge on any atom is 0.231 e. The number of aryl methyl sites for hydroxylation is 1. The van der Waals surface area contributed by atoms with Gasteiger partial charge in [-0.3, -0.25) is 0 Å². The predicted octanol–water partition coefficient (Wildman–Crippen LogP) is 3.76. The molecule has 3 heteroatoms. The van der Waals surface area contributed by atoms with Gasteiger partial charge in [0.25, 0.3) is 0 Å². The lowest BCUT2D eigenvalue weighted by molar-refractivity contribution is 0.121. The van der Waals surface area contributed by atoms with Gasteiger partial charge in [-0.15, -0.1) is 0 Å². The van der Waals surface area contributed by atoms with E-state index in [0.717, 1.165) is 28.1 Å². The fourth-order valence-electron chi connectivity index (χ4n) is 1.96. The van der Waals surface area contributed by atoms with Crippen molar-refractivity contribution in [1.29, 1.82) is 0 Å². The standard InChI is InChI=1S/C17H14NO2/c1-13-10-11-14-6-5-9-16(17(14)18-13)20-12-19-15-7-3-2-4-8-15/h3-11H,12H2,1H3. The van der Waals surface area contributed by atoms with Crippen molar-refractivity contribution in [3.05, 3.63) is 66.4 Å². The van der Waals surface area contributed by atoms with Gasteiger partial charge in [-0.2, -0.15) is 0 Å². The Morgan fingerprint density at radius 1 is 1.00 bits per heavy atom. The third-order valence-electron chi connectivity index (χ3n) is 2.95. The maximum atomic E-state index is 5.68. The first-order valence-electron chi connectivity index (χ1n) is 6.41. The summed E-state index contributed by atoms with van der Waals surface area (Å²) in [5.74, 6) is 1.49. The Balaban J connectivity index is 1.76. The SMILES string of the molecule is Cc1ccc2cccc(OCOc3cc[c]cc3)c2n1. The Hall–Kier alpha value is -2.55. The quantitative estimate of drug-likeness (QED) is 0.672. The third kappa shape index (κ3) is 2.72. The van der Waals surface area contributed by atoms with Crippen molar-refractivity contribution in [3.63, 3.8) is 0 Å². The van der Waals surface area contributed by atoms with Crippen LogP contribution in [-0.2, 0) is 0 Å². The molecule has 0 aliphatic rings. The lowest BCUT2D eigenvalue weighted by Gasteiger charge is -2.10. The van der Waals surface area contributed by atoms with E-state index in [2.05, 4.69) is 11.1 Å². The van der Waals surface area contributed by atoms with Crippen molar-refractivity contribution in [2.45, 2.75) is 6.92 Å². The first-order chi connectivity index (χ1) is 9.83. The Labute approximate surface area is 117 Å². The molecule has 0 atom stereocenters. The molecule has 0 aliphatic carbocycles. The lowest BCUT2D eigenvalue weighted by Crippen LogP contribution is -2.06. The van der Waals surface area contributed by atoms with Gasteiger partial charge in [-0.25, -0.2) is 4.98 Å². The second-order valence-electron chi connectivity index (χ2n) is 4.42. The number of pyridine rings is 1. The number of para-hydroxylation sites is 1. The first-order valence-corrected chi connectivity index (χ1v) is 6.41. The summed E-state index contributed by atoms with van der Waals surface area (Å²) >= 11 is 0. The highest BCUT2D eigenvalue weighted by atomic mass is 16.7. The molecule has 0 saturated heterocycles. The molecule has 0 saturated carbocycles. The number of rotatable bonds is 4. The normalized spacial score (nSPS) is 10.4. The van der Waals surface area contributed by atoms with Crippen molar-refractivity contribution in [1.82, 2.24) is 4.98 Å². The average molecular weight is 264 g/mol. The van der Waals surface area contributed by atoms with E-state index in [9.17, 15) is 0 Å². The Morgan fingerprint density at radius 2 is 1.85 bits per heavy atom. The molecule has 3 aromatic rings. The van der Waals surface area contributed by atoms with E-state index in [1.807, 2.05) is 49.4 Å². The molecule has 99 valence electrons. The van der Waals surface area contributed by atoms with Gasteiger partial charge in [0.05, 0.1) is 0 Å². The second kappa shape index (κ2) is 5.61. The van der Waals surface area contributed by atoms with Crippen LogP contribution >= 0.6 is 0 Å². The topological polar surface area (TPSA) is 31.4 Å². The number of fused-ring (bicyclic) bond motifs is 1. The fraction of sp³-hybridized carbons (Fsp3) is 0.118. The van der Waals surface area contributed by atoms with E-state index in [1.165, 1.54) is 0 Å². The smallest absolute Gasteiger partial charge is 0.231 e. The molecular weight excluding hydrogens is 250 g/mol. The molecule has 2 aromatic carbocycles. The number of hydrogen-bond acceptors (Lipinski definition) is 3. The van der Waals surface area contributed by atoms with Gasteiger partial charge >= 0.3 is 0 Å². The summed E-state index contributed by atoms with van der Waals surface area (Å²) in [6, 6.07) is 20.1. The van der Waals surface area contributed by atoms with Gasteiger partial charge in [0.15, 0.2) is 0 Å². The number of nitrogens with zero attached hydrogens (tertiary/aromatic N) is 1. The van der Waals surface area contributed by atoms with Crippen LogP contribution < -0.4 is 9.47 Å². The van der Waals surface area contributed by atoms with Crippen LogP contribution in [0.15, 0.2) is 54.6 Å². The van der Waals surface area contributed by atoms with Gasteiger partial charge in [-0.05, 0) is 37.3 Å². The van der Waals surface area contributed by atoms with Gasteiger partial charge in [0, 0.05) is 11.1 Å². The highest BCUT2D eigenvalue weighted by Gasteiger charge is 2.04. The van der Waals surface area contributed by atoms with E-state index in [1.54, 1.807) is 12.1 Å². The lowest BCUT2D eigenvalue weighted by atomic mass is 10.2. The predicted molar refractivity (Wildman–Crippen MR) is 77.9 cm³/mol. The molecule has 1 aromatic heterocycles. The number of aromatic nitrogens is 1. The molecule has 0 unspecified atom stereocenters. The Bertz CT molecular complexity index is 711. The molecule has 0 fully saturated rings. The number of benzene rings is 2. The van der Waals surface area contributed by atoms with E-state index in [4.69, 9.17) is 9.47 Å². The molecule has 3 nitrogen and oxygen atoms in total. The van der Waals surface area contributed by atoms with E-state index >= 15 is 0 Å². The van der Waals surface area contributed by atoms with Crippen LogP contribution in [0.2, 0.25) is 0 Å². The molecule has 0 spiro atoms. The van der Waals surface area contributed by atoms with E-state index < -0.39 is 0 Å². The molecule has 1 heterocycles. The van der Waals surface area contributed by atoms with Crippen LogP contribution in [0.25, 0.3) is 10.9 Å². The van der Waals surface area contributed by atoms with Crippen LogP contribution in [0.3, 0.4) is 0 Å². The number of ether oxygens (including phenoxy) is 2. The molecule has 0 bridgehead atoms. The summed E-state index contributed by atoms with van der Waals surface area (Å²) in [4.78, 5) is 4.52. The Kier molecular flexibility index (Phi) is 3.50. The summed E-state index contributed by atoms with van der Waals surface area (Å²) in [6.07, 6.45) is 0. The van der Waals surface area contributed by atoms with Crippen molar-refractivity contribution in [2.75, 3.05) is 6.79 Å². The molecule has 20 heavy (non-hydrogen) atoms. The Morgan fingerprint density at radius 3 is 2.70 bits per heavy atom. The van der Waals surface area contributed by atoms with Crippen molar-refractivity contribution in [2.24, 2.45) is 0 Å². The summed E-state index contributed by atoms with van der Waals surface area (Å²) in [7, 11) is 0. The minimum absolute atomic E-state index is 0.152. The maximum absolute atomic E-state index is 5.68. The van der Waals surface area contributed by atoms with Crippen molar-refractivity contribution in [3.8, 4) is 11.5 Å². The molecule has 0 aliphatic heterocycles. The largest absolute Gasteiger partial charge is 0.457 e. The zero-order valence-corrected chi connectivity index (χ0v) is 11.2. The summed E-state index contributed by atoms with van der Waals surface area (Å²) in [6.45, 7) is 2.12. The molecule has 1 radical (unpaired) electrons. The van der Waals surface area contributed by atoms with Gasteiger partial charge in [0.1, 0.15) is 17.0 Å². The van der Waals surface area contributed by atoms with E-state index in [-0.39, 0.29) is 6.79 Å². The van der Waals surface area contributed by atoms with Gasteiger partial charge in [0.2, 0.25) is 6.79 Å². The second-order valence-corrected chi connectivity index (χ2v) is 4.42. The highest BCUT2D eigenvalue weighted by Crippen LogP contribution is 2.24. The van der Waals surface area contributed by atoms with Crippen molar-refractivity contribution < 1.29 is 9.47 Å². The van der Waals surface area contributed by atoms with Crippen LogP contribution in [0.4, 0.5) is 0 Å². The minimum atomic E-state index is 0.152. The monoisotopic (exact) mass is 264 g/mol. The number of hydrogen-bond donors (Lipinski definition) is 0. The average Bonchev–Trinajstić information content (AvgIpc) is 2.49. The van der Waals surface area contributed by atoms with Crippen LogP contribution in [-0.4, -0.2) is 11.8 Å². The zero-order chi connectivity index (χ0) is 13.8. The van der Waals surface area contributed by atoms with Gasteiger partial charge in [-0.1, -0.05) is 30.3 Å². The summed E-state index contributed by atoms with van der Waals surface area (Å²) in [5, 5.41) is 1.06. The summed E-state index contributed by atoms with van der Waals surface area (Å²) in [5.41, 5.74) is 1.82. The molecular formula is C17H14NO2. The van der Waals surface area contributed by atoms with Crippen molar-refractivity contribution >= 4 is 10.9 Å². The molecule has 3 rings (SSSR count). The zero-order valence-electron chi connectivity index (χ0n) is 11.2. The van der Waals surface area contributed by atoms with E-state index in [0.29, 0.717) is 0 Å². The summed E-state index contributed by atoms with van der Waals surface area (Å²) < 4.78 is 11.2. The highest BCUT2D eigenvalue weighted by molar-refractivity contribution is 5.84. The fourth-order valence-corrected chi connectivity index (χ4v) is 1.96. The van der Waals surface area contributed by atoms with Crippen LogP contribution in [0.1, 0.15) is 5.69 Å². The van der Waals surface area contributed by atoms with Gasteiger partial charge < -0.3 is 9.47 Å². The third-order valence-corrected chi connectivity index (χ3v) is 2.95.